The smallest absolute Gasteiger partial charge is 0.255 e. The molecular weight excluding hydrogens is 850 g/mol. The molecular formula is C47H48FN11O7. The van der Waals surface area contributed by atoms with Gasteiger partial charge < -0.3 is 50.2 Å². The second-order valence-electron chi connectivity index (χ2n) is 16.7. The molecule has 2 aliphatic carbocycles. The third kappa shape index (κ3) is 8.31. The third-order valence-corrected chi connectivity index (χ3v) is 12.3. The number of methoxy groups -OCH3 is 1. The Bertz CT molecular complexity index is 3000. The first-order chi connectivity index (χ1) is 32.1. The highest BCUT2D eigenvalue weighted by Crippen LogP contribution is 2.40. The number of aryl methyl sites for hydroxylation is 2. The van der Waals surface area contributed by atoms with E-state index in [2.05, 4.69) is 51.3 Å². The van der Waals surface area contributed by atoms with Crippen LogP contribution in [0.15, 0.2) is 60.9 Å². The van der Waals surface area contributed by atoms with Crippen LogP contribution >= 0.6 is 0 Å². The van der Waals surface area contributed by atoms with Gasteiger partial charge in [0.2, 0.25) is 5.91 Å². The fraction of sp³-hybridized carbons (Fsp3) is 0.340. The molecule has 66 heavy (non-hydrogen) atoms. The fourth-order valence-corrected chi connectivity index (χ4v) is 8.25. The van der Waals surface area contributed by atoms with Gasteiger partial charge in [-0.25, -0.2) is 19.3 Å². The Balaban J connectivity index is 0.918. The minimum absolute atomic E-state index is 0.0693. The molecule has 1 unspecified atom stereocenters. The van der Waals surface area contributed by atoms with E-state index < -0.39 is 18.0 Å². The van der Waals surface area contributed by atoms with Crippen molar-refractivity contribution in [2.24, 2.45) is 18.9 Å². The summed E-state index contributed by atoms with van der Waals surface area (Å²) in [7, 11) is 4.88. The van der Waals surface area contributed by atoms with E-state index in [0.29, 0.717) is 81.8 Å². The van der Waals surface area contributed by atoms with Gasteiger partial charge >= 0.3 is 0 Å². The van der Waals surface area contributed by atoms with Crippen LogP contribution in [0.2, 0.25) is 0 Å². The number of hydrogen-bond donors (Lipinski definition) is 6. The minimum atomic E-state index is -0.589. The molecule has 3 fully saturated rings. The predicted octanol–water partition coefficient (Wildman–Crippen LogP) is 6.37. The van der Waals surface area contributed by atoms with Gasteiger partial charge in [0, 0.05) is 71.6 Å². The van der Waals surface area contributed by atoms with Gasteiger partial charge in [0.05, 0.1) is 54.7 Å². The molecule has 6 N–H and O–H groups in total. The number of nitrogens with zero attached hydrogens (tertiary/aromatic N) is 5. The normalized spacial score (nSPS) is 16.6. The van der Waals surface area contributed by atoms with E-state index >= 15 is 4.39 Å². The maximum Gasteiger partial charge on any atom is 0.255 e. The van der Waals surface area contributed by atoms with E-state index in [0.717, 1.165) is 36.8 Å². The standard InChI is InChI=1S/C47H48FN11O7/c1-23-53-41(58-59(23)3)29-7-5-6-28(38(29)48)36-18-31-33(45(61)49-2)19-51-43(40(31)55-36)57-47(25-10-11-25)66-22-52-46(62)34-20-50-42(56-44(60)24-8-9-24)39-32(34)17-35(54-39)27-13-12-26(63-4)16-30(27)37-21-64-14-15-65-37/h5-7,12-13,16-20,24-25,37,47,54-55H,8-11,14-15,21-22H2,1-4H3,(H,49,61)(H,51,57)(H,52,62)(H,50,56,60)/t37-,47?/m0/s1. The third-order valence-electron chi connectivity index (χ3n) is 12.3. The first-order valence-electron chi connectivity index (χ1n) is 21.9. The number of amides is 3. The van der Waals surface area contributed by atoms with Crippen molar-refractivity contribution < 1.29 is 37.7 Å². The van der Waals surface area contributed by atoms with E-state index in [-0.39, 0.29) is 59.0 Å². The van der Waals surface area contributed by atoms with Crippen molar-refractivity contribution in [1.82, 2.24) is 45.3 Å². The second-order valence-corrected chi connectivity index (χ2v) is 16.7. The van der Waals surface area contributed by atoms with Crippen molar-refractivity contribution >= 4 is 51.2 Å². The maximum atomic E-state index is 16.3. The minimum Gasteiger partial charge on any atom is -0.497 e. The summed E-state index contributed by atoms with van der Waals surface area (Å²) in [6.45, 7) is 2.92. The topological polar surface area (TPSA) is 224 Å². The van der Waals surface area contributed by atoms with Crippen LogP contribution in [0.5, 0.6) is 5.75 Å². The summed E-state index contributed by atoms with van der Waals surface area (Å²) >= 11 is 0. The number of carbonyl (C=O) groups excluding carboxylic acids is 3. The van der Waals surface area contributed by atoms with Gasteiger partial charge in [0.1, 0.15) is 36.5 Å². The lowest BCUT2D eigenvalue weighted by Gasteiger charge is -2.25. The summed E-state index contributed by atoms with van der Waals surface area (Å²) in [6.07, 6.45) is 5.34. The van der Waals surface area contributed by atoms with Crippen molar-refractivity contribution in [3.63, 3.8) is 0 Å². The van der Waals surface area contributed by atoms with Crippen molar-refractivity contribution in [3.05, 3.63) is 89.3 Å². The van der Waals surface area contributed by atoms with Crippen molar-refractivity contribution in [1.29, 1.82) is 0 Å². The number of pyridine rings is 2. The Labute approximate surface area is 377 Å². The number of aromatic nitrogens is 7. The molecule has 3 amide bonds. The van der Waals surface area contributed by atoms with Gasteiger partial charge in [-0.2, -0.15) is 5.10 Å². The summed E-state index contributed by atoms with van der Waals surface area (Å²) in [6, 6.07) is 14.3. The Morgan fingerprint density at radius 3 is 2.29 bits per heavy atom. The largest absolute Gasteiger partial charge is 0.497 e. The van der Waals surface area contributed by atoms with E-state index in [1.165, 1.54) is 19.4 Å². The SMILES string of the molecule is CNC(=O)c1cnc(NC(OCNC(=O)c2cnc(NC(=O)C3CC3)c3[nH]c(-c4ccc(OC)cc4[C@@H]4COCCO4)cc23)C2CC2)c2[nH]c(-c3cccc(-c4nc(C)n(C)n4)c3F)cc12. The average molecular weight is 898 g/mol. The van der Waals surface area contributed by atoms with E-state index in [4.69, 9.17) is 18.9 Å². The predicted molar refractivity (Wildman–Crippen MR) is 242 cm³/mol. The molecule has 1 aliphatic heterocycles. The molecule has 340 valence electrons. The molecule has 18 nitrogen and oxygen atoms in total. The molecule has 6 heterocycles. The lowest BCUT2D eigenvalue weighted by atomic mass is 9.99. The van der Waals surface area contributed by atoms with Crippen molar-refractivity contribution in [2.75, 3.05) is 51.3 Å². The molecule has 0 spiro atoms. The molecule has 7 aromatic rings. The van der Waals surface area contributed by atoms with Crippen LogP contribution in [0.3, 0.4) is 0 Å². The molecule has 1 saturated heterocycles. The summed E-state index contributed by atoms with van der Waals surface area (Å²) in [5.74, 6) is 0.817. The number of fused-ring (bicyclic) bond motifs is 2. The van der Waals surface area contributed by atoms with Gasteiger partial charge in [-0.3, -0.25) is 19.1 Å². The van der Waals surface area contributed by atoms with Crippen LogP contribution in [0.4, 0.5) is 16.0 Å². The molecule has 5 aromatic heterocycles. The Morgan fingerprint density at radius 1 is 0.909 bits per heavy atom. The number of halogens is 1. The molecule has 0 radical (unpaired) electrons. The number of hydrogen-bond acceptors (Lipinski definition) is 12. The molecule has 10 rings (SSSR count). The van der Waals surface area contributed by atoms with Crippen LogP contribution in [0, 0.1) is 24.6 Å². The Morgan fingerprint density at radius 2 is 1.62 bits per heavy atom. The number of H-pyrrole nitrogens is 2. The van der Waals surface area contributed by atoms with Gasteiger partial charge in [0.25, 0.3) is 11.8 Å². The molecule has 2 aromatic carbocycles. The zero-order valence-corrected chi connectivity index (χ0v) is 36.7. The molecule has 2 atom stereocenters. The van der Waals surface area contributed by atoms with Gasteiger partial charge in [-0.1, -0.05) is 6.07 Å². The van der Waals surface area contributed by atoms with Gasteiger partial charge in [0.15, 0.2) is 17.5 Å². The van der Waals surface area contributed by atoms with Crippen LogP contribution < -0.4 is 26.0 Å². The Kier molecular flexibility index (Phi) is 11.4. The average Bonchev–Trinajstić information content (AvgIpc) is 4.25. The number of carbonyl (C=O) groups is 3. The fourth-order valence-electron chi connectivity index (χ4n) is 8.25. The van der Waals surface area contributed by atoms with Crippen LogP contribution in [0.25, 0.3) is 55.7 Å². The number of ether oxygens (including phenoxy) is 4. The zero-order valence-electron chi connectivity index (χ0n) is 36.7. The lowest BCUT2D eigenvalue weighted by molar-refractivity contribution is -0.117. The summed E-state index contributed by atoms with van der Waals surface area (Å²) in [5, 5.41) is 17.3. The number of nitrogens with one attached hydrogen (secondary N) is 6. The second kappa shape index (κ2) is 17.6. The highest BCUT2D eigenvalue weighted by Gasteiger charge is 2.34. The number of rotatable bonds is 15. The number of anilines is 2. The molecule has 19 heteroatoms. The maximum absolute atomic E-state index is 16.3. The van der Waals surface area contributed by atoms with Crippen molar-refractivity contribution in [2.45, 2.75) is 44.9 Å². The highest BCUT2D eigenvalue weighted by atomic mass is 19.1. The van der Waals surface area contributed by atoms with Crippen LogP contribution in [0.1, 0.15) is 63.9 Å². The van der Waals surface area contributed by atoms with E-state index in [9.17, 15) is 14.4 Å². The summed E-state index contributed by atoms with van der Waals surface area (Å²) in [4.78, 5) is 60.5. The van der Waals surface area contributed by atoms with Crippen molar-refractivity contribution in [3.8, 4) is 39.7 Å². The van der Waals surface area contributed by atoms with E-state index in [1.54, 1.807) is 50.0 Å². The van der Waals surface area contributed by atoms with Gasteiger partial charge in [-0.05, 0) is 80.6 Å². The molecule has 3 aliphatic rings. The van der Waals surface area contributed by atoms with Crippen LogP contribution in [-0.2, 0) is 26.1 Å². The van der Waals surface area contributed by atoms with Gasteiger partial charge in [-0.15, -0.1) is 0 Å². The Hall–Kier alpha value is -7.22. The number of benzene rings is 2. The quantitative estimate of drug-likeness (QED) is 0.0618. The first-order valence-corrected chi connectivity index (χ1v) is 21.9. The monoisotopic (exact) mass is 897 g/mol. The molecule has 2 saturated carbocycles. The zero-order chi connectivity index (χ0) is 45.6. The first kappa shape index (κ1) is 42.7. The van der Waals surface area contributed by atoms with E-state index in [1.807, 2.05) is 24.3 Å². The highest BCUT2D eigenvalue weighted by molar-refractivity contribution is 6.12. The lowest BCUT2D eigenvalue weighted by Crippen LogP contribution is -2.34. The summed E-state index contributed by atoms with van der Waals surface area (Å²) < 4.78 is 41.6. The molecule has 0 bridgehead atoms. The summed E-state index contributed by atoms with van der Waals surface area (Å²) in [5.41, 5.74) is 4.76. The number of aromatic amines is 2. The van der Waals surface area contributed by atoms with Crippen LogP contribution in [-0.4, -0.2) is 99.4 Å².